The van der Waals surface area contributed by atoms with Gasteiger partial charge in [-0.1, -0.05) is 6.92 Å². The van der Waals surface area contributed by atoms with E-state index in [4.69, 9.17) is 0 Å². The highest BCUT2D eigenvalue weighted by Crippen LogP contribution is 2.27. The van der Waals surface area contributed by atoms with Gasteiger partial charge in [-0.2, -0.15) is 0 Å². The van der Waals surface area contributed by atoms with Crippen LogP contribution in [-0.4, -0.2) is 40.2 Å². The van der Waals surface area contributed by atoms with Gasteiger partial charge in [0.2, 0.25) is 0 Å². The molecule has 1 saturated heterocycles. The predicted molar refractivity (Wildman–Crippen MR) is 93.3 cm³/mol. The fourth-order valence-corrected chi connectivity index (χ4v) is 3.66. The van der Waals surface area contributed by atoms with Crippen molar-refractivity contribution in [3.63, 3.8) is 0 Å². The number of aryl methyl sites for hydroxylation is 2. The van der Waals surface area contributed by atoms with Crippen LogP contribution in [0.5, 0.6) is 0 Å². The lowest BCUT2D eigenvalue weighted by Crippen LogP contribution is -2.21. The molecule has 4 nitrogen and oxygen atoms in total. The number of nitrogens with zero attached hydrogens (tertiary/aromatic N) is 2. The van der Waals surface area contributed by atoms with Gasteiger partial charge < -0.3 is 14.6 Å². The summed E-state index contributed by atoms with van der Waals surface area (Å²) in [5, 5.41) is 10.5. The van der Waals surface area contributed by atoms with Crippen LogP contribution in [0.25, 0.3) is 10.9 Å². The topological polar surface area (TPSA) is 45.5 Å². The van der Waals surface area contributed by atoms with Gasteiger partial charge in [0, 0.05) is 30.2 Å². The summed E-state index contributed by atoms with van der Waals surface area (Å²) in [5.74, 6) is -0.835. The van der Waals surface area contributed by atoms with E-state index in [9.17, 15) is 9.90 Å². The summed E-state index contributed by atoms with van der Waals surface area (Å²) in [6, 6.07) is 3.91. The fraction of sp³-hybridized carbons (Fsp3) is 0.526. The molecule has 0 unspecified atom stereocenters. The molecule has 2 aromatic rings. The second kappa shape index (κ2) is 6.75. The van der Waals surface area contributed by atoms with E-state index in [2.05, 4.69) is 22.6 Å². The van der Waals surface area contributed by atoms with E-state index in [0.717, 1.165) is 36.9 Å². The van der Waals surface area contributed by atoms with E-state index >= 15 is 0 Å². The van der Waals surface area contributed by atoms with Crippen LogP contribution in [0, 0.1) is 6.92 Å². The average Bonchev–Trinajstić information content (AvgIpc) is 3.13. The minimum Gasteiger partial charge on any atom is -0.478 e. The quantitative estimate of drug-likeness (QED) is 0.884. The molecule has 1 aromatic carbocycles. The van der Waals surface area contributed by atoms with Gasteiger partial charge in [-0.15, -0.1) is 0 Å². The van der Waals surface area contributed by atoms with Crippen molar-refractivity contribution < 1.29 is 9.90 Å². The van der Waals surface area contributed by atoms with Crippen molar-refractivity contribution in [3.8, 4) is 0 Å². The molecule has 0 bridgehead atoms. The minimum atomic E-state index is -0.835. The maximum Gasteiger partial charge on any atom is 0.335 e. The Labute approximate surface area is 137 Å². The first-order valence-electron chi connectivity index (χ1n) is 8.68. The van der Waals surface area contributed by atoms with E-state index in [0.29, 0.717) is 5.56 Å². The normalized spacial score (nSPS) is 15.6. The van der Waals surface area contributed by atoms with Crippen LogP contribution in [0.15, 0.2) is 18.3 Å². The molecular weight excluding hydrogens is 288 g/mol. The van der Waals surface area contributed by atoms with Crippen LogP contribution in [0.4, 0.5) is 0 Å². The molecule has 0 spiro atoms. The zero-order valence-corrected chi connectivity index (χ0v) is 14.1. The number of likely N-dealkylation sites (tertiary alicyclic amines) is 1. The highest BCUT2D eigenvalue weighted by Gasteiger charge is 2.16. The Hall–Kier alpha value is -1.81. The molecule has 0 amide bonds. The van der Waals surface area contributed by atoms with E-state index in [1.54, 1.807) is 0 Å². The van der Waals surface area contributed by atoms with Crippen molar-refractivity contribution in [2.45, 2.75) is 46.1 Å². The molecule has 23 heavy (non-hydrogen) atoms. The Kier molecular flexibility index (Phi) is 4.71. The Morgan fingerprint density at radius 1 is 1.22 bits per heavy atom. The molecule has 2 heterocycles. The van der Waals surface area contributed by atoms with Gasteiger partial charge in [0.1, 0.15) is 0 Å². The van der Waals surface area contributed by atoms with E-state index in [1.807, 2.05) is 19.1 Å². The van der Waals surface area contributed by atoms with Crippen LogP contribution < -0.4 is 0 Å². The van der Waals surface area contributed by atoms with Crippen LogP contribution in [0.3, 0.4) is 0 Å². The first-order chi connectivity index (χ1) is 11.1. The average molecular weight is 314 g/mol. The highest BCUT2D eigenvalue weighted by atomic mass is 16.4. The van der Waals surface area contributed by atoms with Crippen LogP contribution >= 0.6 is 0 Å². The van der Waals surface area contributed by atoms with Gasteiger partial charge in [0.05, 0.1) is 5.56 Å². The fourth-order valence-electron chi connectivity index (χ4n) is 3.66. The molecule has 1 aliphatic rings. The molecule has 4 heteroatoms. The number of benzene rings is 1. The maximum atomic E-state index is 11.5. The summed E-state index contributed by atoms with van der Waals surface area (Å²) < 4.78 is 2.28. The van der Waals surface area contributed by atoms with Gasteiger partial charge in [-0.25, -0.2) is 4.79 Å². The molecule has 124 valence electrons. The summed E-state index contributed by atoms with van der Waals surface area (Å²) in [5.41, 5.74) is 3.72. The molecule has 3 rings (SSSR count). The molecule has 0 atom stereocenters. The number of rotatable bonds is 6. The molecule has 1 aromatic heterocycles. The monoisotopic (exact) mass is 314 g/mol. The van der Waals surface area contributed by atoms with Gasteiger partial charge in [0.25, 0.3) is 0 Å². The smallest absolute Gasteiger partial charge is 0.335 e. The standard InChI is InChI=1S/C19H26N2O2/c1-3-7-21-13-15(6-10-20-8-4-5-9-20)17-12-16(19(22)23)14(2)11-18(17)21/h11-13H,3-10H2,1-2H3,(H,22,23). The Balaban J connectivity index is 1.97. The van der Waals surface area contributed by atoms with Crippen molar-refractivity contribution in [2.75, 3.05) is 19.6 Å². The highest BCUT2D eigenvalue weighted by molar-refractivity contribution is 5.96. The third kappa shape index (κ3) is 3.27. The lowest BCUT2D eigenvalue weighted by Gasteiger charge is -2.13. The van der Waals surface area contributed by atoms with Gasteiger partial charge in [-0.05, 0) is 69.0 Å². The lowest BCUT2D eigenvalue weighted by atomic mass is 10.0. The van der Waals surface area contributed by atoms with E-state index < -0.39 is 5.97 Å². The lowest BCUT2D eigenvalue weighted by molar-refractivity contribution is 0.0696. The van der Waals surface area contributed by atoms with Crippen molar-refractivity contribution in [2.24, 2.45) is 0 Å². The summed E-state index contributed by atoms with van der Waals surface area (Å²) >= 11 is 0. The largest absolute Gasteiger partial charge is 0.478 e. The van der Waals surface area contributed by atoms with Crippen LogP contribution in [0.1, 0.15) is 47.7 Å². The molecule has 0 saturated carbocycles. The number of aromatic carboxylic acids is 1. The number of carbonyl (C=O) groups is 1. The Morgan fingerprint density at radius 2 is 1.96 bits per heavy atom. The second-order valence-corrected chi connectivity index (χ2v) is 6.64. The van der Waals surface area contributed by atoms with Crippen molar-refractivity contribution >= 4 is 16.9 Å². The third-order valence-corrected chi connectivity index (χ3v) is 4.90. The SMILES string of the molecule is CCCn1cc(CCN2CCCC2)c2cc(C(=O)O)c(C)cc21. The molecule has 1 N–H and O–H groups in total. The number of aromatic nitrogens is 1. The summed E-state index contributed by atoms with van der Waals surface area (Å²) in [4.78, 5) is 14.0. The summed E-state index contributed by atoms with van der Waals surface area (Å²) in [6.07, 6.45) is 6.92. The number of hydrogen-bond acceptors (Lipinski definition) is 2. The predicted octanol–water partition coefficient (Wildman–Crippen LogP) is 3.70. The van der Waals surface area contributed by atoms with Crippen LogP contribution in [-0.2, 0) is 13.0 Å². The van der Waals surface area contributed by atoms with Gasteiger partial charge >= 0.3 is 5.97 Å². The summed E-state index contributed by atoms with van der Waals surface area (Å²) in [6.45, 7) is 8.51. The number of fused-ring (bicyclic) bond motifs is 1. The van der Waals surface area contributed by atoms with Crippen molar-refractivity contribution in [3.05, 3.63) is 35.0 Å². The molecule has 0 radical (unpaired) electrons. The van der Waals surface area contributed by atoms with Crippen molar-refractivity contribution in [1.82, 2.24) is 9.47 Å². The van der Waals surface area contributed by atoms with Gasteiger partial charge in [0.15, 0.2) is 0 Å². The van der Waals surface area contributed by atoms with Crippen molar-refractivity contribution in [1.29, 1.82) is 0 Å². The van der Waals surface area contributed by atoms with Gasteiger partial charge in [-0.3, -0.25) is 0 Å². The van der Waals surface area contributed by atoms with E-state index in [1.165, 1.54) is 37.0 Å². The maximum absolute atomic E-state index is 11.5. The Morgan fingerprint density at radius 3 is 2.61 bits per heavy atom. The third-order valence-electron chi connectivity index (χ3n) is 4.90. The summed E-state index contributed by atoms with van der Waals surface area (Å²) in [7, 11) is 0. The molecule has 1 fully saturated rings. The molecular formula is C19H26N2O2. The number of carboxylic acid groups (broad SMARTS) is 1. The first kappa shape index (κ1) is 16.1. The number of hydrogen-bond donors (Lipinski definition) is 1. The minimum absolute atomic E-state index is 0.425. The van der Waals surface area contributed by atoms with Crippen LogP contribution in [0.2, 0.25) is 0 Å². The zero-order valence-electron chi connectivity index (χ0n) is 14.1. The second-order valence-electron chi connectivity index (χ2n) is 6.64. The molecule has 1 aliphatic heterocycles. The first-order valence-corrected chi connectivity index (χ1v) is 8.68. The van der Waals surface area contributed by atoms with E-state index in [-0.39, 0.29) is 0 Å². The Bertz CT molecular complexity index is 712. The number of carboxylic acids is 1. The molecule has 0 aliphatic carbocycles. The zero-order chi connectivity index (χ0) is 16.4.